The van der Waals surface area contributed by atoms with Gasteiger partial charge in [-0.05, 0) is 12.8 Å². The molecule has 0 radical (unpaired) electrons. The van der Waals surface area contributed by atoms with E-state index >= 15 is 0 Å². The molecule has 0 saturated carbocycles. The third-order valence-corrected chi connectivity index (χ3v) is 5.90. The Morgan fingerprint density at radius 1 is 1.36 bits per heavy atom. The van der Waals surface area contributed by atoms with Crippen LogP contribution in [0, 0.1) is 5.82 Å². The van der Waals surface area contributed by atoms with Crippen LogP contribution in [0.2, 0.25) is 0 Å². The first-order valence-corrected chi connectivity index (χ1v) is 10.3. The zero-order valence-corrected chi connectivity index (χ0v) is 15.8. The number of sulfonamides is 1. The maximum Gasteiger partial charge on any atom is 0.421 e. The van der Waals surface area contributed by atoms with Crippen LogP contribution >= 0.6 is 0 Å². The molecule has 2 atom stereocenters. The van der Waals surface area contributed by atoms with Crippen LogP contribution in [0.3, 0.4) is 0 Å². The van der Waals surface area contributed by atoms with E-state index < -0.39 is 45.3 Å². The van der Waals surface area contributed by atoms with Crippen molar-refractivity contribution in [1.82, 2.24) is 18.9 Å². The Balaban J connectivity index is 1.89. The Morgan fingerprint density at radius 2 is 2.04 bits per heavy atom. The summed E-state index contributed by atoms with van der Waals surface area (Å²) in [7, 11) is -3.53. The van der Waals surface area contributed by atoms with E-state index in [2.05, 4.69) is 15.4 Å². The van der Waals surface area contributed by atoms with Crippen molar-refractivity contribution in [2.45, 2.75) is 38.2 Å². The molecule has 1 N–H and O–H groups in total. The molecule has 28 heavy (non-hydrogen) atoms. The van der Waals surface area contributed by atoms with Crippen molar-refractivity contribution in [2.75, 3.05) is 24.7 Å². The average Bonchev–Trinajstić information content (AvgIpc) is 2.87. The second-order valence-corrected chi connectivity index (χ2v) is 8.52. The van der Waals surface area contributed by atoms with Crippen LogP contribution in [-0.2, 0) is 22.6 Å². The quantitative estimate of drug-likeness (QED) is 0.758. The van der Waals surface area contributed by atoms with Gasteiger partial charge in [0.2, 0.25) is 16.0 Å². The molecule has 1 fully saturated rings. The summed E-state index contributed by atoms with van der Waals surface area (Å²) in [6.07, 6.45) is -4.59. The van der Waals surface area contributed by atoms with Crippen LogP contribution in [-0.4, -0.2) is 58.9 Å². The van der Waals surface area contributed by atoms with Crippen LogP contribution in [0.1, 0.15) is 24.6 Å². The fourth-order valence-electron chi connectivity index (χ4n) is 3.25. The van der Waals surface area contributed by atoms with Gasteiger partial charge in [-0.2, -0.15) is 17.5 Å². The Kier molecular flexibility index (Phi) is 5.25. The number of hydrogen-bond donors (Lipinski definition) is 1. The summed E-state index contributed by atoms with van der Waals surface area (Å²) in [5.41, 5.74) is -2.20. The van der Waals surface area contributed by atoms with Gasteiger partial charge in [0.25, 0.3) is 0 Å². The lowest BCUT2D eigenvalue weighted by atomic mass is 10.1. The lowest BCUT2D eigenvalue weighted by Gasteiger charge is -2.33. The summed E-state index contributed by atoms with van der Waals surface area (Å²) in [5.74, 6) is -1.63. The minimum absolute atomic E-state index is 0.0791. The summed E-state index contributed by atoms with van der Waals surface area (Å²) >= 11 is 0. The molecule has 0 aromatic carbocycles. The fraction of sp³-hybridized carbons (Fsp3) is 0.600. The number of nitrogens with zero attached hydrogens (tertiary/aromatic N) is 4. The highest BCUT2D eigenvalue weighted by Crippen LogP contribution is 2.37. The van der Waals surface area contributed by atoms with Gasteiger partial charge in [-0.3, -0.25) is 0 Å². The highest BCUT2D eigenvalue weighted by Gasteiger charge is 2.40. The first-order valence-electron chi connectivity index (χ1n) is 8.42. The molecule has 13 heteroatoms. The predicted molar refractivity (Wildman–Crippen MR) is 90.7 cm³/mol. The number of alkyl halides is 4. The average molecular weight is 427 g/mol. The molecule has 1 aliphatic rings. The van der Waals surface area contributed by atoms with Crippen molar-refractivity contribution >= 4 is 21.5 Å². The van der Waals surface area contributed by atoms with E-state index in [0.717, 1.165) is 21.3 Å². The Morgan fingerprint density at radius 3 is 2.57 bits per heavy atom. The van der Waals surface area contributed by atoms with E-state index in [1.165, 1.54) is 6.92 Å². The standard InChI is InChI=1S/C15H18F5N5O2S/c1-3-10-12(15(18,19)20)13(17)11-6-21-14(23-25(10)11)22-9-4-5-24(7-8(9)16)28(2,26)27/h6,8-9H,3-5,7H2,1-2H3,(H,22,23)/t8-,9-/m1/s1. The molecule has 1 saturated heterocycles. The van der Waals surface area contributed by atoms with Gasteiger partial charge >= 0.3 is 6.18 Å². The molecular formula is C15H18F5N5O2S. The topological polar surface area (TPSA) is 79.6 Å². The fourth-order valence-corrected chi connectivity index (χ4v) is 4.11. The predicted octanol–water partition coefficient (Wildman–Crippen LogP) is 2.23. The van der Waals surface area contributed by atoms with E-state index in [0.29, 0.717) is 0 Å². The third-order valence-electron chi connectivity index (χ3n) is 4.63. The van der Waals surface area contributed by atoms with Crippen molar-refractivity contribution in [2.24, 2.45) is 0 Å². The number of nitrogens with one attached hydrogen (secondary N) is 1. The van der Waals surface area contributed by atoms with Crippen LogP contribution in [0.4, 0.5) is 27.9 Å². The zero-order chi connectivity index (χ0) is 20.9. The van der Waals surface area contributed by atoms with Crippen LogP contribution < -0.4 is 5.32 Å². The molecule has 1 aliphatic heterocycles. The highest BCUT2D eigenvalue weighted by molar-refractivity contribution is 7.88. The normalized spacial score (nSPS) is 22.0. The number of piperidine rings is 1. The number of rotatable bonds is 4. The zero-order valence-electron chi connectivity index (χ0n) is 15.0. The molecular weight excluding hydrogens is 409 g/mol. The second-order valence-electron chi connectivity index (χ2n) is 6.54. The number of anilines is 1. The molecule has 0 unspecified atom stereocenters. The summed E-state index contributed by atoms with van der Waals surface area (Å²) < 4.78 is 92.9. The minimum Gasteiger partial charge on any atom is -0.347 e. The maximum atomic E-state index is 14.4. The highest BCUT2D eigenvalue weighted by atomic mass is 32.2. The lowest BCUT2D eigenvalue weighted by Crippen LogP contribution is -2.49. The van der Waals surface area contributed by atoms with Gasteiger partial charge in [0.05, 0.1) is 24.2 Å². The Bertz CT molecular complexity index is 991. The van der Waals surface area contributed by atoms with E-state index in [4.69, 9.17) is 0 Å². The molecule has 7 nitrogen and oxygen atoms in total. The summed E-state index contributed by atoms with van der Waals surface area (Å²) in [6, 6.07) is -0.831. The van der Waals surface area contributed by atoms with Crippen molar-refractivity contribution in [3.8, 4) is 0 Å². The van der Waals surface area contributed by atoms with Crippen molar-refractivity contribution < 1.29 is 30.4 Å². The lowest BCUT2D eigenvalue weighted by molar-refractivity contribution is -0.140. The van der Waals surface area contributed by atoms with Gasteiger partial charge in [-0.15, -0.1) is 5.10 Å². The van der Waals surface area contributed by atoms with Crippen LogP contribution in [0.15, 0.2) is 6.20 Å². The van der Waals surface area contributed by atoms with Gasteiger partial charge in [0, 0.05) is 13.1 Å². The number of aromatic nitrogens is 3. The molecule has 3 heterocycles. The number of aryl methyl sites for hydroxylation is 1. The van der Waals surface area contributed by atoms with Crippen molar-refractivity contribution in [1.29, 1.82) is 0 Å². The maximum absolute atomic E-state index is 14.4. The van der Waals surface area contributed by atoms with Crippen molar-refractivity contribution in [3.05, 3.63) is 23.3 Å². The smallest absolute Gasteiger partial charge is 0.347 e. The Labute approximate surface area is 157 Å². The number of hydrogen-bond acceptors (Lipinski definition) is 5. The summed E-state index contributed by atoms with van der Waals surface area (Å²) in [5, 5.41) is 6.56. The van der Waals surface area contributed by atoms with E-state index in [1.807, 2.05) is 0 Å². The van der Waals surface area contributed by atoms with Gasteiger partial charge < -0.3 is 5.32 Å². The number of halogens is 5. The molecule has 0 amide bonds. The van der Waals surface area contributed by atoms with E-state index in [1.54, 1.807) is 0 Å². The first-order chi connectivity index (χ1) is 12.9. The minimum atomic E-state index is -4.89. The molecule has 2 aromatic heterocycles. The van der Waals surface area contributed by atoms with Gasteiger partial charge in [-0.25, -0.2) is 26.7 Å². The number of fused-ring (bicyclic) bond motifs is 1. The summed E-state index contributed by atoms with van der Waals surface area (Å²) in [6.45, 7) is 1.16. The molecule has 0 spiro atoms. The SMILES string of the molecule is CCc1c(C(F)(F)F)c(F)c2cnc(N[C@@H]3CCN(S(C)(=O)=O)C[C@H]3F)nn12. The van der Waals surface area contributed by atoms with Gasteiger partial charge in [0.15, 0.2) is 5.82 Å². The largest absolute Gasteiger partial charge is 0.421 e. The van der Waals surface area contributed by atoms with Crippen LogP contribution in [0.25, 0.3) is 5.52 Å². The summed E-state index contributed by atoms with van der Waals surface area (Å²) in [4.78, 5) is 3.79. The van der Waals surface area contributed by atoms with Crippen molar-refractivity contribution in [3.63, 3.8) is 0 Å². The molecule has 2 aromatic rings. The van der Waals surface area contributed by atoms with Gasteiger partial charge in [-0.1, -0.05) is 6.92 Å². The molecule has 0 aliphatic carbocycles. The van der Waals surface area contributed by atoms with E-state index in [-0.39, 0.29) is 37.6 Å². The van der Waals surface area contributed by atoms with E-state index in [9.17, 15) is 30.4 Å². The second kappa shape index (κ2) is 7.10. The Hall–Kier alpha value is -2.02. The molecule has 0 bridgehead atoms. The van der Waals surface area contributed by atoms with Crippen LogP contribution in [0.5, 0.6) is 0 Å². The first kappa shape index (κ1) is 20.7. The monoisotopic (exact) mass is 427 g/mol. The molecule has 156 valence electrons. The van der Waals surface area contributed by atoms with Gasteiger partial charge in [0.1, 0.15) is 17.3 Å². The third kappa shape index (κ3) is 3.77. The molecule has 3 rings (SSSR count).